The second-order valence-corrected chi connectivity index (χ2v) is 8.00. The summed E-state index contributed by atoms with van der Waals surface area (Å²) in [4.78, 5) is 26.5. The summed E-state index contributed by atoms with van der Waals surface area (Å²) in [6, 6.07) is 0. The molecule has 0 aromatic carbocycles. The maximum absolute atomic E-state index is 12.9. The highest BCUT2D eigenvalue weighted by molar-refractivity contribution is 5.79. The highest BCUT2D eigenvalue weighted by Crippen LogP contribution is 2.40. The van der Waals surface area contributed by atoms with E-state index in [1.165, 1.54) is 19.3 Å². The van der Waals surface area contributed by atoms with Crippen LogP contribution < -0.4 is 0 Å². The van der Waals surface area contributed by atoms with E-state index in [-0.39, 0.29) is 23.6 Å². The smallest absolute Gasteiger partial charge is 0.305 e. The van der Waals surface area contributed by atoms with Crippen LogP contribution in [0.5, 0.6) is 0 Å². The fourth-order valence-electron chi connectivity index (χ4n) is 4.80. The lowest BCUT2D eigenvalue weighted by Gasteiger charge is -2.41. The van der Waals surface area contributed by atoms with Gasteiger partial charge in [-0.15, -0.1) is 0 Å². The second-order valence-electron chi connectivity index (χ2n) is 8.00. The zero-order valence-electron chi connectivity index (χ0n) is 15.6. The summed E-state index contributed by atoms with van der Waals surface area (Å²) >= 11 is 0. The number of carbonyl (C=O) groups excluding carboxylic acids is 2. The molecule has 3 fully saturated rings. The molecule has 0 unspecified atom stereocenters. The number of esters is 1. The van der Waals surface area contributed by atoms with Crippen molar-refractivity contribution < 1.29 is 19.1 Å². The van der Waals surface area contributed by atoms with Crippen molar-refractivity contribution >= 4 is 11.9 Å². The molecule has 2 saturated heterocycles. The van der Waals surface area contributed by atoms with Crippen LogP contribution in [0, 0.1) is 5.92 Å². The van der Waals surface area contributed by atoms with Gasteiger partial charge in [-0.2, -0.15) is 0 Å². The Kier molecular flexibility index (Phi) is 6.37. The van der Waals surface area contributed by atoms with Gasteiger partial charge in [0.25, 0.3) is 0 Å². The van der Waals surface area contributed by atoms with Crippen molar-refractivity contribution in [3.05, 3.63) is 0 Å². The van der Waals surface area contributed by atoms with E-state index in [1.54, 1.807) is 0 Å². The molecule has 0 aromatic heterocycles. The summed E-state index contributed by atoms with van der Waals surface area (Å²) in [5, 5.41) is 0. The third kappa shape index (κ3) is 4.75. The number of piperidine rings is 1. The molecule has 3 rings (SSSR count). The van der Waals surface area contributed by atoms with Crippen molar-refractivity contribution in [3.63, 3.8) is 0 Å². The first-order chi connectivity index (χ1) is 12.1. The van der Waals surface area contributed by atoms with Crippen molar-refractivity contribution in [2.75, 3.05) is 19.7 Å². The Balaban J connectivity index is 1.50. The maximum Gasteiger partial charge on any atom is 0.305 e. The van der Waals surface area contributed by atoms with Crippen molar-refractivity contribution in [2.24, 2.45) is 5.92 Å². The third-order valence-electron chi connectivity index (χ3n) is 6.12. The molecule has 0 aromatic rings. The van der Waals surface area contributed by atoms with E-state index in [4.69, 9.17) is 9.47 Å². The molecule has 25 heavy (non-hydrogen) atoms. The standard InChI is InChI=1S/C20H33NO4/c1-2-24-18(22)10-9-17-11-13-20(25-17)12-6-14-21(15-20)19(23)16-7-4-3-5-8-16/h16-17H,2-15H2,1H3/t17-,20+/m1/s1. The number of ether oxygens (including phenoxy) is 2. The number of amides is 1. The number of carbonyl (C=O) groups is 2. The monoisotopic (exact) mass is 351 g/mol. The fraction of sp³-hybridized carbons (Fsp3) is 0.900. The van der Waals surface area contributed by atoms with E-state index >= 15 is 0 Å². The first-order valence-electron chi connectivity index (χ1n) is 10.2. The molecule has 2 atom stereocenters. The minimum atomic E-state index is -0.165. The van der Waals surface area contributed by atoms with Gasteiger partial charge in [-0.05, 0) is 51.9 Å². The van der Waals surface area contributed by atoms with E-state index in [2.05, 4.69) is 4.90 Å². The molecular weight excluding hydrogens is 318 g/mol. The molecule has 1 saturated carbocycles. The summed E-state index contributed by atoms with van der Waals surface area (Å²) in [5.74, 6) is 0.465. The van der Waals surface area contributed by atoms with Crippen LogP contribution in [-0.4, -0.2) is 48.2 Å². The Bertz CT molecular complexity index is 474. The van der Waals surface area contributed by atoms with Crippen molar-refractivity contribution in [2.45, 2.75) is 89.3 Å². The average Bonchev–Trinajstić information content (AvgIpc) is 3.02. The van der Waals surface area contributed by atoms with Crippen LogP contribution in [0.4, 0.5) is 0 Å². The largest absolute Gasteiger partial charge is 0.466 e. The molecule has 5 nitrogen and oxygen atoms in total. The highest BCUT2D eigenvalue weighted by atomic mass is 16.5. The minimum Gasteiger partial charge on any atom is -0.466 e. The van der Waals surface area contributed by atoms with E-state index in [9.17, 15) is 9.59 Å². The van der Waals surface area contributed by atoms with Crippen LogP contribution >= 0.6 is 0 Å². The maximum atomic E-state index is 12.9. The molecule has 2 aliphatic heterocycles. The molecule has 0 N–H and O–H groups in total. The Morgan fingerprint density at radius 3 is 2.68 bits per heavy atom. The minimum absolute atomic E-state index is 0.133. The molecule has 0 radical (unpaired) electrons. The highest BCUT2D eigenvalue weighted by Gasteiger charge is 2.44. The Hall–Kier alpha value is -1.10. The Morgan fingerprint density at radius 2 is 1.92 bits per heavy atom. The van der Waals surface area contributed by atoms with E-state index in [0.29, 0.717) is 18.9 Å². The van der Waals surface area contributed by atoms with Gasteiger partial charge in [0.2, 0.25) is 5.91 Å². The number of hydrogen-bond acceptors (Lipinski definition) is 4. The first kappa shape index (κ1) is 18.7. The Morgan fingerprint density at radius 1 is 1.12 bits per heavy atom. The van der Waals surface area contributed by atoms with Gasteiger partial charge in [-0.3, -0.25) is 9.59 Å². The van der Waals surface area contributed by atoms with Crippen LogP contribution in [0.3, 0.4) is 0 Å². The van der Waals surface area contributed by atoms with Gasteiger partial charge in [-0.1, -0.05) is 19.3 Å². The topological polar surface area (TPSA) is 55.8 Å². The lowest BCUT2D eigenvalue weighted by atomic mass is 9.85. The van der Waals surface area contributed by atoms with Crippen LogP contribution in [0.1, 0.15) is 77.6 Å². The summed E-state index contributed by atoms with van der Waals surface area (Å²) in [7, 11) is 0. The predicted molar refractivity (Wildman–Crippen MR) is 95.1 cm³/mol. The summed E-state index contributed by atoms with van der Waals surface area (Å²) in [5.41, 5.74) is -0.165. The molecule has 2 heterocycles. The first-order valence-corrected chi connectivity index (χ1v) is 10.2. The SMILES string of the molecule is CCOC(=O)CC[C@@H]1CC[C@]2(CCCN(C(=O)C3CCCCC3)C2)O1. The van der Waals surface area contributed by atoms with Crippen LogP contribution in [-0.2, 0) is 19.1 Å². The number of hydrogen-bond donors (Lipinski definition) is 0. The molecule has 3 aliphatic rings. The molecule has 5 heteroatoms. The van der Waals surface area contributed by atoms with Crippen LogP contribution in [0.2, 0.25) is 0 Å². The lowest BCUT2D eigenvalue weighted by Crippen LogP contribution is -2.52. The lowest BCUT2D eigenvalue weighted by molar-refractivity contribution is -0.148. The molecule has 1 spiro atoms. The normalized spacial score (nSPS) is 30.6. The van der Waals surface area contributed by atoms with E-state index in [0.717, 1.165) is 58.0 Å². The number of likely N-dealkylation sites (tertiary alicyclic amines) is 1. The molecular formula is C20H33NO4. The fourth-order valence-corrected chi connectivity index (χ4v) is 4.80. The second kappa shape index (κ2) is 8.52. The predicted octanol–water partition coefficient (Wildman–Crippen LogP) is 3.45. The van der Waals surface area contributed by atoms with Crippen LogP contribution in [0.25, 0.3) is 0 Å². The molecule has 0 bridgehead atoms. The third-order valence-corrected chi connectivity index (χ3v) is 6.12. The molecule has 1 aliphatic carbocycles. The van der Waals surface area contributed by atoms with E-state index < -0.39 is 0 Å². The van der Waals surface area contributed by atoms with Gasteiger partial charge in [0.1, 0.15) is 0 Å². The molecule has 142 valence electrons. The number of rotatable bonds is 5. The average molecular weight is 351 g/mol. The van der Waals surface area contributed by atoms with Gasteiger partial charge in [0, 0.05) is 25.4 Å². The van der Waals surface area contributed by atoms with Gasteiger partial charge in [-0.25, -0.2) is 0 Å². The zero-order chi connectivity index (χ0) is 17.7. The van der Waals surface area contributed by atoms with Gasteiger partial charge >= 0.3 is 5.97 Å². The summed E-state index contributed by atoms with van der Waals surface area (Å²) in [6.45, 7) is 3.90. The van der Waals surface area contributed by atoms with Gasteiger partial charge < -0.3 is 14.4 Å². The quantitative estimate of drug-likeness (QED) is 0.712. The molecule has 1 amide bonds. The van der Waals surface area contributed by atoms with Crippen molar-refractivity contribution in [1.82, 2.24) is 4.90 Å². The zero-order valence-corrected chi connectivity index (χ0v) is 15.6. The van der Waals surface area contributed by atoms with Gasteiger partial charge in [0.15, 0.2) is 0 Å². The van der Waals surface area contributed by atoms with Crippen LogP contribution in [0.15, 0.2) is 0 Å². The number of nitrogens with zero attached hydrogens (tertiary/aromatic N) is 1. The summed E-state index contributed by atoms with van der Waals surface area (Å²) in [6.07, 6.45) is 11.2. The van der Waals surface area contributed by atoms with Crippen molar-refractivity contribution in [3.8, 4) is 0 Å². The van der Waals surface area contributed by atoms with Crippen molar-refractivity contribution in [1.29, 1.82) is 0 Å². The summed E-state index contributed by atoms with van der Waals surface area (Å²) < 4.78 is 11.4. The van der Waals surface area contributed by atoms with E-state index in [1.807, 2.05) is 6.92 Å². The van der Waals surface area contributed by atoms with Gasteiger partial charge in [0.05, 0.1) is 18.3 Å². The Labute approximate surface area is 151 Å².